The van der Waals surface area contributed by atoms with Gasteiger partial charge in [-0.25, -0.2) is 4.99 Å². The summed E-state index contributed by atoms with van der Waals surface area (Å²) in [5.74, 6) is 2.71. The molecule has 2 aliphatic rings. The molecule has 2 heterocycles. The first-order chi connectivity index (χ1) is 13.9. The summed E-state index contributed by atoms with van der Waals surface area (Å²) in [6, 6.07) is 0.495. The van der Waals surface area contributed by atoms with Crippen molar-refractivity contribution in [3.8, 4) is 0 Å². The number of nitrogens with zero attached hydrogens (tertiary/aromatic N) is 5. The highest BCUT2D eigenvalue weighted by molar-refractivity contribution is 5.80. The van der Waals surface area contributed by atoms with Crippen molar-refractivity contribution in [2.24, 2.45) is 17.5 Å². The van der Waals surface area contributed by atoms with Crippen LogP contribution < -0.4 is 10.6 Å². The van der Waals surface area contributed by atoms with Gasteiger partial charge in [-0.2, -0.15) is 0 Å². The highest BCUT2D eigenvalue weighted by Crippen LogP contribution is 2.34. The molecular weight excluding hydrogens is 366 g/mol. The lowest BCUT2D eigenvalue weighted by atomic mass is 9.75. The summed E-state index contributed by atoms with van der Waals surface area (Å²) in [6.07, 6.45) is 6.02. The van der Waals surface area contributed by atoms with E-state index in [2.05, 4.69) is 39.6 Å². The van der Waals surface area contributed by atoms with Crippen molar-refractivity contribution >= 4 is 5.96 Å². The Bertz CT molecular complexity index is 654. The second-order valence-electron chi connectivity index (χ2n) is 9.20. The van der Waals surface area contributed by atoms with E-state index in [1.54, 1.807) is 0 Å². The third-order valence-corrected chi connectivity index (χ3v) is 6.29. The molecule has 0 amide bonds. The molecule has 8 nitrogen and oxygen atoms in total. The van der Waals surface area contributed by atoms with Gasteiger partial charge >= 0.3 is 0 Å². The lowest BCUT2D eigenvalue weighted by molar-refractivity contribution is 0.0376. The zero-order chi connectivity index (χ0) is 20.7. The topological polar surface area (TPSA) is 79.6 Å². The highest BCUT2D eigenvalue weighted by Gasteiger charge is 2.27. The first-order valence-corrected chi connectivity index (χ1v) is 11.1. The molecule has 164 valence electrons. The summed E-state index contributed by atoms with van der Waals surface area (Å²) in [5.41, 5.74) is 0.469. The summed E-state index contributed by atoms with van der Waals surface area (Å²) in [4.78, 5) is 7.29. The second kappa shape index (κ2) is 10.4. The lowest BCUT2D eigenvalue weighted by Gasteiger charge is -2.35. The van der Waals surface area contributed by atoms with E-state index in [9.17, 15) is 0 Å². The Balaban J connectivity index is 1.52. The minimum absolute atomic E-state index is 0.469. The molecular formula is C21H39N7O. The van der Waals surface area contributed by atoms with Gasteiger partial charge < -0.3 is 19.9 Å². The lowest BCUT2D eigenvalue weighted by Crippen LogP contribution is -2.46. The molecule has 1 aliphatic carbocycles. The maximum atomic E-state index is 5.43. The maximum absolute atomic E-state index is 5.43. The van der Waals surface area contributed by atoms with E-state index in [4.69, 9.17) is 9.73 Å². The van der Waals surface area contributed by atoms with E-state index in [1.165, 1.54) is 25.7 Å². The normalized spacial score (nSPS) is 21.3. The van der Waals surface area contributed by atoms with Crippen molar-refractivity contribution in [1.82, 2.24) is 30.3 Å². The van der Waals surface area contributed by atoms with E-state index < -0.39 is 0 Å². The fourth-order valence-electron chi connectivity index (χ4n) is 3.96. The van der Waals surface area contributed by atoms with Gasteiger partial charge in [0.05, 0.1) is 13.2 Å². The molecule has 0 spiro atoms. The number of nitrogens with one attached hydrogen (secondary N) is 2. The summed E-state index contributed by atoms with van der Waals surface area (Å²) in [6.45, 7) is 13.1. The van der Waals surface area contributed by atoms with Crippen LogP contribution in [-0.4, -0.2) is 71.1 Å². The van der Waals surface area contributed by atoms with Crippen LogP contribution in [0.5, 0.6) is 0 Å². The predicted molar refractivity (Wildman–Crippen MR) is 116 cm³/mol. The summed E-state index contributed by atoms with van der Waals surface area (Å²) in [5, 5.41) is 15.6. The zero-order valence-corrected chi connectivity index (χ0v) is 18.7. The molecule has 0 radical (unpaired) electrons. The molecule has 0 unspecified atom stereocenters. The molecule has 29 heavy (non-hydrogen) atoms. The Labute approximate surface area is 175 Å². The van der Waals surface area contributed by atoms with E-state index in [-0.39, 0.29) is 0 Å². The van der Waals surface area contributed by atoms with Crippen molar-refractivity contribution in [3.05, 3.63) is 11.6 Å². The van der Waals surface area contributed by atoms with Crippen LogP contribution in [0, 0.1) is 12.3 Å². The molecule has 1 aromatic heterocycles. The minimum atomic E-state index is 0.469. The van der Waals surface area contributed by atoms with Gasteiger partial charge in [0.15, 0.2) is 11.8 Å². The predicted octanol–water partition coefficient (Wildman–Crippen LogP) is 1.85. The van der Waals surface area contributed by atoms with Crippen LogP contribution in [0.1, 0.15) is 57.6 Å². The van der Waals surface area contributed by atoms with Crippen molar-refractivity contribution in [1.29, 1.82) is 0 Å². The third kappa shape index (κ3) is 6.96. The van der Waals surface area contributed by atoms with Crippen molar-refractivity contribution < 1.29 is 4.74 Å². The number of aliphatic imine (C=N–C) groups is 1. The van der Waals surface area contributed by atoms with Crippen LogP contribution in [-0.2, 0) is 18.3 Å². The molecule has 2 fully saturated rings. The molecule has 0 bridgehead atoms. The van der Waals surface area contributed by atoms with Crippen molar-refractivity contribution in [2.75, 3.05) is 39.4 Å². The van der Waals surface area contributed by atoms with E-state index in [0.29, 0.717) is 18.0 Å². The molecule has 1 saturated carbocycles. The Morgan fingerprint density at radius 3 is 2.59 bits per heavy atom. The van der Waals surface area contributed by atoms with Gasteiger partial charge in [0, 0.05) is 32.7 Å². The molecule has 1 aromatic rings. The number of morpholine rings is 1. The molecule has 1 aliphatic heterocycles. The Morgan fingerprint density at radius 1 is 1.21 bits per heavy atom. The molecule has 1 saturated heterocycles. The van der Waals surface area contributed by atoms with Crippen LogP contribution in [0.2, 0.25) is 0 Å². The van der Waals surface area contributed by atoms with Gasteiger partial charge in [0.25, 0.3) is 0 Å². The van der Waals surface area contributed by atoms with E-state index >= 15 is 0 Å². The average Bonchev–Trinajstić information content (AvgIpc) is 3.03. The van der Waals surface area contributed by atoms with Crippen LogP contribution in [0.4, 0.5) is 0 Å². The molecule has 2 N–H and O–H groups in total. The van der Waals surface area contributed by atoms with Crippen LogP contribution in [0.25, 0.3) is 0 Å². The SMILES string of the molecule is Cc1nnc(CN=C(NCCCN2CCOCC2)NC2CCC(C)(C)CC2)n1C. The Hall–Kier alpha value is -1.67. The standard InChI is InChI=1S/C21H39N7O/c1-17-25-26-19(27(17)4)16-23-20(24-18-6-8-21(2,3)9-7-18)22-10-5-11-28-12-14-29-15-13-28/h18H,5-16H2,1-4H3,(H2,22,23,24). The molecule has 8 heteroatoms. The van der Waals surface area contributed by atoms with Gasteiger partial charge in [-0.1, -0.05) is 13.8 Å². The van der Waals surface area contributed by atoms with Gasteiger partial charge in [0.1, 0.15) is 12.4 Å². The Kier molecular flexibility index (Phi) is 7.89. The van der Waals surface area contributed by atoms with Crippen LogP contribution >= 0.6 is 0 Å². The number of rotatable bonds is 7. The van der Waals surface area contributed by atoms with Crippen molar-refractivity contribution in [2.45, 2.75) is 65.5 Å². The van der Waals surface area contributed by atoms with E-state index in [1.807, 2.05) is 18.5 Å². The first-order valence-electron chi connectivity index (χ1n) is 11.1. The Morgan fingerprint density at radius 2 is 1.93 bits per heavy atom. The summed E-state index contributed by atoms with van der Waals surface area (Å²) < 4.78 is 7.43. The van der Waals surface area contributed by atoms with Crippen LogP contribution in [0.3, 0.4) is 0 Å². The average molecular weight is 406 g/mol. The summed E-state index contributed by atoms with van der Waals surface area (Å²) in [7, 11) is 1.99. The van der Waals surface area contributed by atoms with Gasteiger partial charge in [-0.05, 0) is 51.0 Å². The number of aromatic nitrogens is 3. The first kappa shape index (κ1) is 22.0. The number of guanidine groups is 1. The molecule has 0 aromatic carbocycles. The largest absolute Gasteiger partial charge is 0.379 e. The van der Waals surface area contributed by atoms with Crippen LogP contribution in [0.15, 0.2) is 4.99 Å². The fraction of sp³-hybridized carbons (Fsp3) is 0.857. The van der Waals surface area contributed by atoms with Gasteiger partial charge in [-0.3, -0.25) is 4.90 Å². The summed E-state index contributed by atoms with van der Waals surface area (Å²) >= 11 is 0. The second-order valence-corrected chi connectivity index (χ2v) is 9.20. The minimum Gasteiger partial charge on any atom is -0.379 e. The number of hydrogen-bond acceptors (Lipinski definition) is 5. The maximum Gasteiger partial charge on any atom is 0.191 e. The number of ether oxygens (including phenoxy) is 1. The van der Waals surface area contributed by atoms with E-state index in [0.717, 1.165) is 63.4 Å². The molecule has 3 rings (SSSR count). The van der Waals surface area contributed by atoms with Gasteiger partial charge in [0.2, 0.25) is 0 Å². The van der Waals surface area contributed by atoms with Crippen molar-refractivity contribution in [3.63, 3.8) is 0 Å². The van der Waals surface area contributed by atoms with Gasteiger partial charge in [-0.15, -0.1) is 10.2 Å². The third-order valence-electron chi connectivity index (χ3n) is 6.29. The quantitative estimate of drug-likeness (QED) is 0.409. The highest BCUT2D eigenvalue weighted by atomic mass is 16.5. The number of aryl methyl sites for hydroxylation is 1. The smallest absolute Gasteiger partial charge is 0.191 e. The zero-order valence-electron chi connectivity index (χ0n) is 18.7. The fourth-order valence-corrected chi connectivity index (χ4v) is 3.96. The molecule has 0 atom stereocenters. The number of hydrogen-bond donors (Lipinski definition) is 2. The monoisotopic (exact) mass is 405 g/mol.